The summed E-state index contributed by atoms with van der Waals surface area (Å²) in [7, 11) is 0. The molecule has 1 N–H and O–H groups in total. The molecule has 0 aliphatic carbocycles. The van der Waals surface area contributed by atoms with Gasteiger partial charge in [-0.2, -0.15) is 13.2 Å². The molecule has 2 amide bonds. The normalized spacial score (nSPS) is 16.4. The first-order valence-electron chi connectivity index (χ1n) is 10.1. The van der Waals surface area contributed by atoms with Crippen LogP contribution in [0.3, 0.4) is 0 Å². The zero-order valence-electron chi connectivity index (χ0n) is 17.2. The summed E-state index contributed by atoms with van der Waals surface area (Å²) in [6, 6.07) is 10.1. The number of likely N-dealkylation sites (tertiary alicyclic amines) is 1. The van der Waals surface area contributed by atoms with Crippen LogP contribution in [0.4, 0.5) is 23.7 Å². The van der Waals surface area contributed by atoms with Gasteiger partial charge in [-0.3, -0.25) is 0 Å². The van der Waals surface area contributed by atoms with Crippen molar-refractivity contribution in [1.82, 2.24) is 19.7 Å². The lowest BCUT2D eigenvalue weighted by atomic mass is 10.1. The monoisotopic (exact) mass is 463 g/mol. The van der Waals surface area contributed by atoms with Gasteiger partial charge < -0.3 is 14.8 Å². The van der Waals surface area contributed by atoms with Crippen molar-refractivity contribution in [2.24, 2.45) is 0 Å². The minimum atomic E-state index is -4.43. The van der Waals surface area contributed by atoms with E-state index < -0.39 is 11.7 Å². The van der Waals surface area contributed by atoms with E-state index >= 15 is 0 Å². The molecule has 2 heterocycles. The summed E-state index contributed by atoms with van der Waals surface area (Å²) in [5, 5.41) is 11.7. The van der Waals surface area contributed by atoms with Crippen LogP contribution in [0.15, 0.2) is 48.8 Å². The molecule has 0 radical (unpaired) electrons. The topological polar surface area (TPSA) is 63.1 Å². The molecule has 0 bridgehead atoms. The van der Waals surface area contributed by atoms with Gasteiger partial charge >= 0.3 is 12.2 Å². The SMILES string of the molecule is Cc1cc(C(F)(F)F)ccc1NC(=O)N1CCC[C@@H]1c1nncn1Cc1ccc(Cl)cc1. The molecule has 1 aliphatic rings. The third-order valence-corrected chi connectivity index (χ3v) is 5.77. The summed E-state index contributed by atoms with van der Waals surface area (Å²) >= 11 is 5.95. The fraction of sp³-hybridized carbons (Fsp3) is 0.318. The second-order valence-corrected chi connectivity index (χ2v) is 8.19. The average molecular weight is 464 g/mol. The zero-order valence-corrected chi connectivity index (χ0v) is 18.0. The van der Waals surface area contributed by atoms with Crippen LogP contribution >= 0.6 is 11.6 Å². The molecule has 10 heteroatoms. The Morgan fingerprint density at radius 2 is 1.97 bits per heavy atom. The predicted molar refractivity (Wildman–Crippen MR) is 114 cm³/mol. The third-order valence-electron chi connectivity index (χ3n) is 5.52. The summed E-state index contributed by atoms with van der Waals surface area (Å²) in [6.45, 7) is 2.59. The number of carbonyl (C=O) groups is 1. The van der Waals surface area contributed by atoms with Gasteiger partial charge in [0.05, 0.1) is 18.2 Å². The number of anilines is 1. The van der Waals surface area contributed by atoms with Crippen molar-refractivity contribution in [1.29, 1.82) is 0 Å². The van der Waals surface area contributed by atoms with Crippen LogP contribution in [-0.4, -0.2) is 32.2 Å². The number of hydrogen-bond acceptors (Lipinski definition) is 3. The van der Waals surface area contributed by atoms with Crippen LogP contribution in [0.2, 0.25) is 5.02 Å². The van der Waals surface area contributed by atoms with E-state index in [1.807, 2.05) is 28.8 Å². The molecule has 1 fully saturated rings. The van der Waals surface area contributed by atoms with E-state index in [-0.39, 0.29) is 12.1 Å². The van der Waals surface area contributed by atoms with Crippen molar-refractivity contribution >= 4 is 23.3 Å². The molecular weight excluding hydrogens is 443 g/mol. The quantitative estimate of drug-likeness (QED) is 0.541. The summed E-state index contributed by atoms with van der Waals surface area (Å²) in [6.07, 6.45) is -1.30. The van der Waals surface area contributed by atoms with Gasteiger partial charge in [0.15, 0.2) is 5.82 Å². The van der Waals surface area contributed by atoms with Gasteiger partial charge in [-0.1, -0.05) is 23.7 Å². The second-order valence-electron chi connectivity index (χ2n) is 7.75. The van der Waals surface area contributed by atoms with Gasteiger partial charge in [0.1, 0.15) is 6.33 Å². The number of nitrogens with one attached hydrogen (secondary N) is 1. The zero-order chi connectivity index (χ0) is 22.9. The third kappa shape index (κ3) is 4.72. The standard InChI is InChI=1S/C22H21ClF3N5O/c1-14-11-16(22(24,25)26)6-9-18(14)28-21(32)31-10-2-3-19(31)20-29-27-13-30(20)12-15-4-7-17(23)8-5-15/h4-9,11,13,19H,2-3,10,12H2,1H3,(H,28,32)/t19-/m1/s1. The maximum Gasteiger partial charge on any atom is 0.416 e. The van der Waals surface area contributed by atoms with Crippen LogP contribution in [0, 0.1) is 6.92 Å². The highest BCUT2D eigenvalue weighted by atomic mass is 35.5. The minimum absolute atomic E-state index is 0.278. The number of aryl methyl sites for hydroxylation is 1. The van der Waals surface area contributed by atoms with Crippen LogP contribution < -0.4 is 5.32 Å². The Morgan fingerprint density at radius 3 is 2.66 bits per heavy atom. The number of nitrogens with zero attached hydrogens (tertiary/aromatic N) is 4. The number of aromatic nitrogens is 3. The Hall–Kier alpha value is -3.07. The van der Waals surface area contributed by atoms with E-state index in [4.69, 9.17) is 11.6 Å². The highest BCUT2D eigenvalue weighted by Gasteiger charge is 2.34. The Morgan fingerprint density at radius 1 is 1.22 bits per heavy atom. The number of benzene rings is 2. The van der Waals surface area contributed by atoms with Crippen LogP contribution in [-0.2, 0) is 12.7 Å². The van der Waals surface area contributed by atoms with Gasteiger partial charge in [-0.25, -0.2) is 4.79 Å². The highest BCUT2D eigenvalue weighted by Crippen LogP contribution is 2.34. The molecular formula is C22H21ClF3N5O. The van der Waals surface area contributed by atoms with Gasteiger partial charge in [-0.05, 0) is 61.2 Å². The number of urea groups is 1. The van der Waals surface area contributed by atoms with Crippen molar-refractivity contribution in [3.63, 3.8) is 0 Å². The lowest BCUT2D eigenvalue weighted by Crippen LogP contribution is -2.35. The first kappa shape index (κ1) is 22.1. The first-order valence-corrected chi connectivity index (χ1v) is 10.5. The summed E-state index contributed by atoms with van der Waals surface area (Å²) in [5.74, 6) is 0.664. The van der Waals surface area contributed by atoms with Crippen molar-refractivity contribution in [3.05, 3.63) is 76.3 Å². The molecule has 168 valence electrons. The molecule has 1 atom stereocenters. The Bertz CT molecular complexity index is 1110. The predicted octanol–water partition coefficient (Wildman–Crippen LogP) is 5.68. The van der Waals surface area contributed by atoms with Crippen LogP contribution in [0.1, 0.15) is 41.4 Å². The molecule has 0 unspecified atom stereocenters. The van der Waals surface area contributed by atoms with Crippen LogP contribution in [0.5, 0.6) is 0 Å². The summed E-state index contributed by atoms with van der Waals surface area (Å²) < 4.78 is 40.6. The number of amides is 2. The smallest absolute Gasteiger partial charge is 0.314 e. The lowest BCUT2D eigenvalue weighted by Gasteiger charge is -2.25. The molecule has 0 spiro atoms. The molecule has 1 saturated heterocycles. The molecule has 32 heavy (non-hydrogen) atoms. The largest absolute Gasteiger partial charge is 0.416 e. The molecule has 6 nitrogen and oxygen atoms in total. The second kappa shape index (κ2) is 8.82. The molecule has 1 aromatic heterocycles. The Kier molecular flexibility index (Phi) is 6.10. The maximum absolute atomic E-state index is 13.0. The van der Waals surface area contributed by atoms with Crippen LogP contribution in [0.25, 0.3) is 0 Å². The lowest BCUT2D eigenvalue weighted by molar-refractivity contribution is -0.137. The Balaban J connectivity index is 1.50. The Labute approximate surface area is 188 Å². The van der Waals surface area contributed by atoms with Crippen molar-refractivity contribution in [3.8, 4) is 0 Å². The molecule has 2 aromatic carbocycles. The van der Waals surface area contributed by atoms with E-state index in [1.165, 1.54) is 13.0 Å². The van der Waals surface area contributed by atoms with Gasteiger partial charge in [0.25, 0.3) is 0 Å². The number of halogens is 4. The molecule has 4 rings (SSSR count). The molecule has 1 aliphatic heterocycles. The molecule has 0 saturated carbocycles. The fourth-order valence-electron chi connectivity index (χ4n) is 3.88. The molecule has 3 aromatic rings. The number of hydrogen-bond donors (Lipinski definition) is 1. The van der Waals surface area contributed by atoms with Crippen molar-refractivity contribution in [2.45, 2.75) is 38.5 Å². The van der Waals surface area contributed by atoms with Crippen molar-refractivity contribution in [2.75, 3.05) is 11.9 Å². The summed E-state index contributed by atoms with van der Waals surface area (Å²) in [5.41, 5.74) is 0.957. The van der Waals surface area contributed by atoms with E-state index in [0.29, 0.717) is 35.2 Å². The maximum atomic E-state index is 13.0. The van der Waals surface area contributed by atoms with Gasteiger partial charge in [-0.15, -0.1) is 10.2 Å². The van der Waals surface area contributed by atoms with E-state index in [1.54, 1.807) is 11.2 Å². The van der Waals surface area contributed by atoms with E-state index in [9.17, 15) is 18.0 Å². The van der Waals surface area contributed by atoms with Gasteiger partial charge in [0.2, 0.25) is 0 Å². The van der Waals surface area contributed by atoms with E-state index in [2.05, 4.69) is 15.5 Å². The van der Waals surface area contributed by atoms with E-state index in [0.717, 1.165) is 30.5 Å². The highest BCUT2D eigenvalue weighted by molar-refractivity contribution is 6.30. The average Bonchev–Trinajstić information content (AvgIpc) is 3.39. The summed E-state index contributed by atoms with van der Waals surface area (Å²) in [4.78, 5) is 14.6. The van der Waals surface area contributed by atoms with Crippen molar-refractivity contribution < 1.29 is 18.0 Å². The number of alkyl halides is 3. The minimum Gasteiger partial charge on any atom is -0.314 e. The number of carbonyl (C=O) groups excluding carboxylic acids is 1. The van der Waals surface area contributed by atoms with Gasteiger partial charge in [0, 0.05) is 17.3 Å². The fourth-order valence-corrected chi connectivity index (χ4v) is 4.00. The first-order chi connectivity index (χ1) is 15.2. The number of rotatable bonds is 4.